The molecule has 40 heavy (non-hydrogen) atoms. The lowest BCUT2D eigenvalue weighted by Gasteiger charge is -2.22. The molecule has 0 radical (unpaired) electrons. The number of nitrogens with zero attached hydrogens (tertiary/aromatic N) is 6. The standard InChI is InChI=1S/C31H35N7O2/c1-4-12-37(13-5-2)30(39)24-17-23-7-6-22(18-28(23)34-29(32)19-24)21-8-9-27-25(16-21)20-33-38(31(27)40)15-11-26-10-14-36(3)35-26/h6-10,14,16-18,20H,4-5,11-13,15,19H2,1-3H3,(H2,32,34). The average Bonchev–Trinajstić information content (AvgIpc) is 3.28. The van der Waals surface area contributed by atoms with Gasteiger partial charge in [-0.05, 0) is 54.3 Å². The summed E-state index contributed by atoms with van der Waals surface area (Å²) < 4.78 is 3.24. The fraction of sp³-hybridized carbons (Fsp3) is 0.323. The van der Waals surface area contributed by atoms with Crippen LogP contribution < -0.4 is 11.3 Å². The van der Waals surface area contributed by atoms with Crippen LogP contribution in [0.5, 0.6) is 0 Å². The molecule has 2 N–H and O–H groups in total. The first-order valence-corrected chi connectivity index (χ1v) is 13.8. The van der Waals surface area contributed by atoms with E-state index in [2.05, 4.69) is 29.0 Å². The number of rotatable bonds is 9. The molecule has 206 valence electrons. The first-order chi connectivity index (χ1) is 19.4. The molecule has 0 saturated carbocycles. The minimum Gasteiger partial charge on any atom is -0.387 e. The van der Waals surface area contributed by atoms with E-state index in [9.17, 15) is 9.59 Å². The van der Waals surface area contributed by atoms with E-state index in [4.69, 9.17) is 5.73 Å². The third-order valence-corrected chi connectivity index (χ3v) is 7.08. The topological polar surface area (TPSA) is 111 Å². The van der Waals surface area contributed by atoms with Crippen molar-refractivity contribution >= 4 is 34.3 Å². The fourth-order valence-electron chi connectivity index (χ4n) is 5.11. The van der Waals surface area contributed by atoms with Crippen molar-refractivity contribution in [2.24, 2.45) is 17.8 Å². The van der Waals surface area contributed by atoms with Crippen LogP contribution in [0.3, 0.4) is 0 Å². The Morgan fingerprint density at radius 1 is 1.05 bits per heavy atom. The quantitative estimate of drug-likeness (QED) is 0.339. The molecule has 9 nitrogen and oxygen atoms in total. The van der Waals surface area contributed by atoms with Crippen LogP contribution in [-0.4, -0.2) is 49.3 Å². The summed E-state index contributed by atoms with van der Waals surface area (Å²) in [5, 5.41) is 10.2. The highest BCUT2D eigenvalue weighted by Gasteiger charge is 2.21. The van der Waals surface area contributed by atoms with Gasteiger partial charge in [0.15, 0.2) is 0 Å². The van der Waals surface area contributed by atoms with Crippen molar-refractivity contribution in [1.29, 1.82) is 0 Å². The Morgan fingerprint density at radius 3 is 2.52 bits per heavy atom. The van der Waals surface area contributed by atoms with Crippen molar-refractivity contribution in [2.75, 3.05) is 13.1 Å². The lowest BCUT2D eigenvalue weighted by Crippen LogP contribution is -2.34. The minimum atomic E-state index is -0.123. The third-order valence-electron chi connectivity index (χ3n) is 7.08. The second-order valence-electron chi connectivity index (χ2n) is 10.2. The van der Waals surface area contributed by atoms with Gasteiger partial charge in [0.05, 0.1) is 29.5 Å². The number of nitrogens with two attached hydrogens (primary N) is 1. The molecule has 0 unspecified atom stereocenters. The van der Waals surface area contributed by atoms with E-state index in [0.717, 1.165) is 59.4 Å². The lowest BCUT2D eigenvalue weighted by atomic mass is 9.99. The smallest absolute Gasteiger partial charge is 0.274 e. The molecule has 2 aromatic heterocycles. The van der Waals surface area contributed by atoms with Gasteiger partial charge in [0.25, 0.3) is 5.56 Å². The number of hydrogen-bond donors (Lipinski definition) is 1. The number of benzene rings is 2. The van der Waals surface area contributed by atoms with Gasteiger partial charge in [-0.1, -0.05) is 32.0 Å². The molecule has 1 aliphatic rings. The lowest BCUT2D eigenvalue weighted by molar-refractivity contribution is -0.127. The number of amides is 1. The number of aromatic nitrogens is 4. The van der Waals surface area contributed by atoms with Crippen molar-refractivity contribution in [3.63, 3.8) is 0 Å². The van der Waals surface area contributed by atoms with Crippen molar-refractivity contribution in [3.8, 4) is 11.1 Å². The average molecular weight is 538 g/mol. The Bertz CT molecular complexity index is 1670. The molecule has 0 aliphatic carbocycles. The van der Waals surface area contributed by atoms with Gasteiger partial charge in [0.1, 0.15) is 5.84 Å². The molecule has 2 aromatic carbocycles. The fourth-order valence-corrected chi connectivity index (χ4v) is 5.11. The summed E-state index contributed by atoms with van der Waals surface area (Å²) in [5.41, 5.74) is 11.2. The number of carbonyl (C=O) groups is 1. The molecular weight excluding hydrogens is 502 g/mol. The van der Waals surface area contributed by atoms with Crippen LogP contribution in [0.15, 0.2) is 70.2 Å². The first kappa shape index (κ1) is 27.1. The van der Waals surface area contributed by atoms with Crippen LogP contribution in [-0.2, 0) is 24.8 Å². The molecular formula is C31H35N7O2. The summed E-state index contributed by atoms with van der Waals surface area (Å²) in [7, 11) is 1.87. The van der Waals surface area contributed by atoms with E-state index < -0.39 is 0 Å². The van der Waals surface area contributed by atoms with E-state index in [1.54, 1.807) is 10.9 Å². The van der Waals surface area contributed by atoms with Gasteiger partial charge in [-0.15, -0.1) is 0 Å². The van der Waals surface area contributed by atoms with Gasteiger partial charge in [0, 0.05) is 55.7 Å². The SMILES string of the molecule is CCCN(CCC)C(=O)C1=Cc2ccc(-c3ccc4c(=O)n(CCc5ccn(C)n5)ncc4c3)cc2N=C(N)C1. The van der Waals surface area contributed by atoms with E-state index >= 15 is 0 Å². The summed E-state index contributed by atoms with van der Waals surface area (Å²) >= 11 is 0. The Labute approximate surface area is 233 Å². The van der Waals surface area contributed by atoms with Crippen molar-refractivity contribution in [1.82, 2.24) is 24.5 Å². The summed E-state index contributed by atoms with van der Waals surface area (Å²) in [6.07, 6.45) is 8.30. The first-order valence-electron chi connectivity index (χ1n) is 13.8. The van der Waals surface area contributed by atoms with Gasteiger partial charge in [-0.2, -0.15) is 10.2 Å². The summed E-state index contributed by atoms with van der Waals surface area (Å²) in [5.74, 6) is 0.434. The molecule has 4 aromatic rings. The summed E-state index contributed by atoms with van der Waals surface area (Å²) in [6.45, 7) is 6.06. The molecule has 1 amide bonds. The van der Waals surface area contributed by atoms with Crippen molar-refractivity contribution in [3.05, 3.63) is 82.0 Å². The van der Waals surface area contributed by atoms with Crippen LogP contribution in [0, 0.1) is 0 Å². The van der Waals surface area contributed by atoms with Crippen LogP contribution in [0.25, 0.3) is 28.0 Å². The number of fused-ring (bicyclic) bond motifs is 2. The molecule has 0 fully saturated rings. The van der Waals surface area contributed by atoms with Gasteiger partial charge in [-0.25, -0.2) is 9.67 Å². The van der Waals surface area contributed by atoms with Crippen LogP contribution in [0.1, 0.15) is 44.4 Å². The van der Waals surface area contributed by atoms with Crippen molar-refractivity contribution < 1.29 is 4.79 Å². The number of aliphatic imine (C=N–C) groups is 1. The second-order valence-corrected chi connectivity index (χ2v) is 10.2. The van der Waals surface area contributed by atoms with Crippen LogP contribution >= 0.6 is 0 Å². The van der Waals surface area contributed by atoms with Gasteiger partial charge >= 0.3 is 0 Å². The van der Waals surface area contributed by atoms with Gasteiger partial charge in [-0.3, -0.25) is 14.3 Å². The molecule has 0 atom stereocenters. The highest BCUT2D eigenvalue weighted by molar-refractivity contribution is 6.05. The normalized spacial score (nSPS) is 13.0. The predicted molar refractivity (Wildman–Crippen MR) is 159 cm³/mol. The summed E-state index contributed by atoms with van der Waals surface area (Å²) in [6, 6.07) is 13.7. The number of amidine groups is 1. The van der Waals surface area contributed by atoms with E-state index in [1.807, 2.05) is 66.7 Å². The highest BCUT2D eigenvalue weighted by Crippen LogP contribution is 2.33. The van der Waals surface area contributed by atoms with Gasteiger partial charge < -0.3 is 10.6 Å². The third kappa shape index (κ3) is 5.73. The molecule has 1 aliphatic heterocycles. The zero-order valence-electron chi connectivity index (χ0n) is 23.3. The zero-order valence-corrected chi connectivity index (χ0v) is 23.3. The van der Waals surface area contributed by atoms with Crippen molar-refractivity contribution in [2.45, 2.75) is 46.1 Å². The maximum Gasteiger partial charge on any atom is 0.274 e. The Kier molecular flexibility index (Phi) is 7.91. The molecule has 3 heterocycles. The number of hydrogen-bond acceptors (Lipinski definition) is 6. The Balaban J connectivity index is 1.42. The van der Waals surface area contributed by atoms with Crippen LogP contribution in [0.2, 0.25) is 0 Å². The molecule has 5 rings (SSSR count). The van der Waals surface area contributed by atoms with E-state index in [-0.39, 0.29) is 11.5 Å². The van der Waals surface area contributed by atoms with E-state index in [1.165, 1.54) is 4.68 Å². The molecule has 0 bridgehead atoms. The monoisotopic (exact) mass is 537 g/mol. The Hall–Kier alpha value is -4.53. The molecule has 0 spiro atoms. The van der Waals surface area contributed by atoms with Crippen LogP contribution in [0.4, 0.5) is 5.69 Å². The maximum atomic E-state index is 13.3. The number of aryl methyl sites for hydroxylation is 3. The molecule has 0 saturated heterocycles. The predicted octanol–water partition coefficient (Wildman–Crippen LogP) is 4.46. The summed E-state index contributed by atoms with van der Waals surface area (Å²) in [4.78, 5) is 32.9. The Morgan fingerprint density at radius 2 is 1.80 bits per heavy atom. The second kappa shape index (κ2) is 11.7. The van der Waals surface area contributed by atoms with Gasteiger partial charge in [0.2, 0.25) is 5.91 Å². The largest absolute Gasteiger partial charge is 0.387 e. The maximum absolute atomic E-state index is 13.3. The highest BCUT2D eigenvalue weighted by atomic mass is 16.2. The minimum absolute atomic E-state index is 0.0199. The molecule has 9 heteroatoms. The zero-order chi connectivity index (χ0) is 28.2. The van der Waals surface area contributed by atoms with E-state index in [0.29, 0.717) is 36.2 Å². The number of carbonyl (C=O) groups excluding carboxylic acids is 1.